The summed E-state index contributed by atoms with van der Waals surface area (Å²) in [4.78, 5) is 29.1. The van der Waals surface area contributed by atoms with E-state index in [-0.39, 0.29) is 51.0 Å². The second-order valence-corrected chi connectivity index (χ2v) is 6.78. The van der Waals surface area contributed by atoms with Gasteiger partial charge in [-0.2, -0.15) is 0 Å². The Hall–Kier alpha value is -2.25. The lowest BCUT2D eigenvalue weighted by molar-refractivity contribution is -0.119. The molecule has 0 radical (unpaired) electrons. The van der Waals surface area contributed by atoms with Gasteiger partial charge in [0.2, 0.25) is 5.91 Å². The van der Waals surface area contributed by atoms with Crippen LogP contribution in [0.3, 0.4) is 0 Å². The number of anilines is 2. The summed E-state index contributed by atoms with van der Waals surface area (Å²) in [5.41, 5.74) is 2.32. The number of aliphatic hydroxyl groups excluding tert-OH is 2. The Balaban J connectivity index is 2.06. The highest BCUT2D eigenvalue weighted by atomic mass is 35.5. The molecule has 27 heavy (non-hydrogen) atoms. The van der Waals surface area contributed by atoms with Crippen LogP contribution in [0.15, 0.2) is 42.5 Å². The summed E-state index contributed by atoms with van der Waals surface area (Å²) in [5, 5.41) is 18.9. The van der Waals surface area contributed by atoms with Crippen molar-refractivity contribution in [3.05, 3.63) is 58.6 Å². The third kappa shape index (κ3) is 4.20. The SMILES string of the molecule is O=C1Cc2cc(Cl)ccc2N(C(=O)CN(CCO)CCO)c2ccccc21. The topological polar surface area (TPSA) is 81.1 Å². The number of amides is 1. The molecule has 0 bridgehead atoms. The van der Waals surface area contributed by atoms with Gasteiger partial charge in [-0.05, 0) is 35.9 Å². The molecule has 142 valence electrons. The zero-order chi connectivity index (χ0) is 19.4. The fourth-order valence-corrected chi connectivity index (χ4v) is 3.49. The van der Waals surface area contributed by atoms with Crippen molar-refractivity contribution >= 4 is 34.7 Å². The maximum atomic E-state index is 13.2. The van der Waals surface area contributed by atoms with Crippen molar-refractivity contribution in [2.45, 2.75) is 6.42 Å². The number of carbonyl (C=O) groups is 2. The average molecular weight is 389 g/mol. The van der Waals surface area contributed by atoms with E-state index in [0.717, 1.165) is 0 Å². The Bertz CT molecular complexity index is 850. The molecule has 0 aliphatic carbocycles. The fraction of sp³-hybridized carbons (Fsp3) is 0.300. The largest absolute Gasteiger partial charge is 0.395 e. The highest BCUT2D eigenvalue weighted by Gasteiger charge is 2.30. The van der Waals surface area contributed by atoms with E-state index in [1.54, 1.807) is 47.4 Å². The Kier molecular flexibility index (Phi) is 6.23. The van der Waals surface area contributed by atoms with Crippen molar-refractivity contribution in [2.75, 3.05) is 37.7 Å². The maximum Gasteiger partial charge on any atom is 0.245 e. The number of ketones is 1. The highest BCUT2D eigenvalue weighted by molar-refractivity contribution is 6.31. The number of aliphatic hydroxyl groups is 2. The molecule has 0 saturated heterocycles. The number of hydrogen-bond donors (Lipinski definition) is 2. The normalized spacial score (nSPS) is 13.3. The van der Waals surface area contributed by atoms with Crippen molar-refractivity contribution in [1.29, 1.82) is 0 Å². The van der Waals surface area contributed by atoms with E-state index in [1.807, 2.05) is 0 Å². The van der Waals surface area contributed by atoms with Crippen LogP contribution in [-0.4, -0.2) is 59.7 Å². The summed E-state index contributed by atoms with van der Waals surface area (Å²) < 4.78 is 0. The number of nitrogens with zero attached hydrogens (tertiary/aromatic N) is 2. The number of carbonyl (C=O) groups excluding carboxylic acids is 2. The summed E-state index contributed by atoms with van der Waals surface area (Å²) in [6, 6.07) is 12.2. The minimum atomic E-state index is -0.248. The van der Waals surface area contributed by atoms with Crippen LogP contribution in [0.4, 0.5) is 11.4 Å². The molecule has 2 N–H and O–H groups in total. The molecule has 2 aromatic carbocycles. The Morgan fingerprint density at radius 3 is 2.48 bits per heavy atom. The molecule has 3 rings (SSSR count). The van der Waals surface area contributed by atoms with Crippen LogP contribution >= 0.6 is 11.6 Å². The van der Waals surface area contributed by atoms with Gasteiger partial charge in [0, 0.05) is 30.1 Å². The van der Waals surface area contributed by atoms with Crippen molar-refractivity contribution < 1.29 is 19.8 Å². The minimum Gasteiger partial charge on any atom is -0.395 e. The molecule has 0 fully saturated rings. The number of halogens is 1. The second kappa shape index (κ2) is 8.63. The first-order chi connectivity index (χ1) is 13.0. The van der Waals surface area contributed by atoms with E-state index in [0.29, 0.717) is 27.5 Å². The number of hydrogen-bond acceptors (Lipinski definition) is 5. The zero-order valence-electron chi connectivity index (χ0n) is 14.8. The molecular formula is C20H21ClN2O4. The van der Waals surface area contributed by atoms with Crippen molar-refractivity contribution in [3.63, 3.8) is 0 Å². The van der Waals surface area contributed by atoms with Gasteiger partial charge < -0.3 is 10.2 Å². The standard InChI is InChI=1S/C20H21ClN2O4/c21-15-5-6-17-14(11-15)12-19(26)16-3-1-2-4-18(16)23(17)20(27)13-22(7-9-24)8-10-25/h1-6,11,24-25H,7-10,12-13H2. The van der Waals surface area contributed by atoms with Crippen LogP contribution in [0.1, 0.15) is 15.9 Å². The summed E-state index contributed by atoms with van der Waals surface area (Å²) in [7, 11) is 0. The van der Waals surface area contributed by atoms with Gasteiger partial charge in [0.05, 0.1) is 31.1 Å². The van der Waals surface area contributed by atoms with Gasteiger partial charge >= 0.3 is 0 Å². The van der Waals surface area contributed by atoms with Crippen molar-refractivity contribution in [1.82, 2.24) is 4.90 Å². The smallest absolute Gasteiger partial charge is 0.245 e. The molecule has 1 aliphatic rings. The van der Waals surface area contributed by atoms with Gasteiger partial charge in [-0.1, -0.05) is 23.7 Å². The molecule has 1 heterocycles. The minimum absolute atomic E-state index is 0.00567. The molecule has 7 heteroatoms. The van der Waals surface area contributed by atoms with Gasteiger partial charge in [0.15, 0.2) is 5.78 Å². The fourth-order valence-electron chi connectivity index (χ4n) is 3.30. The van der Waals surface area contributed by atoms with Crippen LogP contribution in [0, 0.1) is 0 Å². The Labute approximate surface area is 162 Å². The van der Waals surface area contributed by atoms with E-state index in [4.69, 9.17) is 11.6 Å². The van der Waals surface area contributed by atoms with Gasteiger partial charge in [0.1, 0.15) is 0 Å². The van der Waals surface area contributed by atoms with E-state index in [2.05, 4.69) is 0 Å². The van der Waals surface area contributed by atoms with Crippen LogP contribution in [0.2, 0.25) is 5.02 Å². The average Bonchev–Trinajstić information content (AvgIpc) is 2.76. The predicted molar refractivity (Wildman–Crippen MR) is 104 cm³/mol. The summed E-state index contributed by atoms with van der Waals surface area (Å²) >= 11 is 6.10. The van der Waals surface area contributed by atoms with E-state index in [1.165, 1.54) is 4.90 Å². The molecule has 0 aromatic heterocycles. The highest BCUT2D eigenvalue weighted by Crippen LogP contribution is 2.37. The molecule has 1 amide bonds. The van der Waals surface area contributed by atoms with Gasteiger partial charge in [-0.15, -0.1) is 0 Å². The summed E-state index contributed by atoms with van der Waals surface area (Å²) in [6.07, 6.45) is 0.160. The number of rotatable bonds is 6. The monoisotopic (exact) mass is 388 g/mol. The van der Waals surface area contributed by atoms with Crippen LogP contribution in [0.25, 0.3) is 0 Å². The van der Waals surface area contributed by atoms with Crippen LogP contribution < -0.4 is 4.90 Å². The van der Waals surface area contributed by atoms with E-state index < -0.39 is 0 Å². The van der Waals surface area contributed by atoms with E-state index >= 15 is 0 Å². The van der Waals surface area contributed by atoms with Crippen LogP contribution in [0.5, 0.6) is 0 Å². The second-order valence-electron chi connectivity index (χ2n) is 6.34. The van der Waals surface area contributed by atoms with Gasteiger partial charge in [0.25, 0.3) is 0 Å². The number of Topliss-reactive ketones (excluding diaryl/α,β-unsaturated/α-hetero) is 1. The van der Waals surface area contributed by atoms with Crippen molar-refractivity contribution in [3.8, 4) is 0 Å². The number of fused-ring (bicyclic) bond motifs is 2. The molecule has 1 aliphatic heterocycles. The third-order valence-electron chi connectivity index (χ3n) is 4.52. The predicted octanol–water partition coefficient (Wildman–Crippen LogP) is 2.03. The summed E-state index contributed by atoms with van der Waals surface area (Å²) in [6.45, 7) is 0.317. The first-order valence-corrected chi connectivity index (χ1v) is 9.10. The van der Waals surface area contributed by atoms with Crippen molar-refractivity contribution in [2.24, 2.45) is 0 Å². The maximum absolute atomic E-state index is 13.2. The lowest BCUT2D eigenvalue weighted by Crippen LogP contribution is -2.41. The molecule has 2 aromatic rings. The third-order valence-corrected chi connectivity index (χ3v) is 4.75. The van der Waals surface area contributed by atoms with E-state index in [9.17, 15) is 19.8 Å². The lowest BCUT2D eigenvalue weighted by atomic mass is 10.0. The number of para-hydroxylation sites is 1. The number of benzene rings is 2. The molecule has 6 nitrogen and oxygen atoms in total. The van der Waals surface area contributed by atoms with Gasteiger partial charge in [-0.25, -0.2) is 0 Å². The molecular weight excluding hydrogens is 368 g/mol. The van der Waals surface area contributed by atoms with Crippen LogP contribution in [-0.2, 0) is 11.2 Å². The molecule has 0 spiro atoms. The quantitative estimate of drug-likeness (QED) is 0.791. The summed E-state index contributed by atoms with van der Waals surface area (Å²) in [5.74, 6) is -0.324. The van der Waals surface area contributed by atoms with Gasteiger partial charge in [-0.3, -0.25) is 19.4 Å². The first kappa shape index (κ1) is 19.5. The Morgan fingerprint density at radius 2 is 1.78 bits per heavy atom. The molecule has 0 atom stereocenters. The first-order valence-electron chi connectivity index (χ1n) is 8.73. The zero-order valence-corrected chi connectivity index (χ0v) is 15.5. The molecule has 0 saturated carbocycles. The lowest BCUT2D eigenvalue weighted by Gasteiger charge is -2.28. The molecule has 0 unspecified atom stereocenters. The Morgan fingerprint density at radius 1 is 1.07 bits per heavy atom.